The van der Waals surface area contributed by atoms with E-state index in [0.29, 0.717) is 17.9 Å². The quantitative estimate of drug-likeness (QED) is 0.867. The van der Waals surface area contributed by atoms with Crippen molar-refractivity contribution >= 4 is 17.6 Å². The van der Waals surface area contributed by atoms with Crippen LogP contribution in [0.2, 0.25) is 0 Å². The summed E-state index contributed by atoms with van der Waals surface area (Å²) in [6.45, 7) is 4.25. The van der Waals surface area contributed by atoms with E-state index in [4.69, 9.17) is 4.74 Å². The van der Waals surface area contributed by atoms with Gasteiger partial charge in [-0.15, -0.1) is 0 Å². The second kappa shape index (κ2) is 7.70. The molecule has 1 aliphatic rings. The van der Waals surface area contributed by atoms with Crippen LogP contribution in [0.25, 0.3) is 0 Å². The summed E-state index contributed by atoms with van der Waals surface area (Å²) in [4.78, 5) is 24.3. The van der Waals surface area contributed by atoms with Gasteiger partial charge >= 0.3 is 5.97 Å². The number of aromatic carboxylic acids is 1. The molecule has 26 heavy (non-hydrogen) atoms. The van der Waals surface area contributed by atoms with E-state index in [9.17, 15) is 14.7 Å². The van der Waals surface area contributed by atoms with Gasteiger partial charge in [-0.05, 0) is 49.4 Å². The first-order valence-corrected chi connectivity index (χ1v) is 8.79. The predicted octanol–water partition coefficient (Wildman–Crippen LogP) is 4.11. The second-order valence-electron chi connectivity index (χ2n) is 6.73. The minimum absolute atomic E-state index is 0.137. The summed E-state index contributed by atoms with van der Waals surface area (Å²) in [5.41, 5.74) is 3.24. The summed E-state index contributed by atoms with van der Waals surface area (Å²) in [5, 5.41) is 12.2. The molecule has 0 aromatic heterocycles. The molecule has 1 heterocycles. The maximum Gasteiger partial charge on any atom is 0.336 e. The lowest BCUT2D eigenvalue weighted by Crippen LogP contribution is -2.33. The SMILES string of the molecule is Cc1cc(C)c(C(=O)O)cc1NC(=O)C1CCCOC1c1ccccc1. The first-order valence-electron chi connectivity index (χ1n) is 8.79. The highest BCUT2D eigenvalue weighted by molar-refractivity contribution is 5.96. The Kier molecular flexibility index (Phi) is 5.38. The van der Waals surface area contributed by atoms with Crippen LogP contribution in [0.5, 0.6) is 0 Å². The van der Waals surface area contributed by atoms with E-state index in [-0.39, 0.29) is 23.5 Å². The molecule has 1 fully saturated rings. The van der Waals surface area contributed by atoms with Crippen molar-refractivity contribution in [1.29, 1.82) is 0 Å². The van der Waals surface area contributed by atoms with Crippen LogP contribution in [-0.2, 0) is 9.53 Å². The van der Waals surface area contributed by atoms with Gasteiger partial charge in [0.25, 0.3) is 0 Å². The molecule has 2 aromatic carbocycles. The third-order valence-corrected chi connectivity index (χ3v) is 4.85. The Labute approximate surface area is 153 Å². The molecule has 2 atom stereocenters. The summed E-state index contributed by atoms with van der Waals surface area (Å²) < 4.78 is 5.89. The fraction of sp³-hybridized carbons (Fsp3) is 0.333. The summed E-state index contributed by atoms with van der Waals surface area (Å²) in [6, 6.07) is 13.1. The van der Waals surface area contributed by atoms with E-state index in [2.05, 4.69) is 5.32 Å². The van der Waals surface area contributed by atoms with Gasteiger partial charge in [0.2, 0.25) is 5.91 Å². The third kappa shape index (κ3) is 3.78. The molecule has 1 aliphatic heterocycles. The zero-order chi connectivity index (χ0) is 18.7. The normalized spacial score (nSPS) is 19.8. The summed E-state index contributed by atoms with van der Waals surface area (Å²) >= 11 is 0. The van der Waals surface area contributed by atoms with Crippen molar-refractivity contribution in [2.75, 3.05) is 11.9 Å². The molecule has 5 heteroatoms. The molecule has 2 aromatic rings. The first kappa shape index (κ1) is 18.1. The fourth-order valence-electron chi connectivity index (χ4n) is 3.46. The summed E-state index contributed by atoms with van der Waals surface area (Å²) in [6.07, 6.45) is 1.28. The van der Waals surface area contributed by atoms with E-state index in [0.717, 1.165) is 24.0 Å². The standard InChI is InChI=1S/C21H23NO4/c1-13-11-14(2)18(12-17(13)21(24)25)22-20(23)16-9-6-10-26-19(16)15-7-4-3-5-8-15/h3-5,7-8,11-12,16,19H,6,9-10H2,1-2H3,(H,22,23)(H,24,25). The van der Waals surface area contributed by atoms with Gasteiger partial charge < -0.3 is 15.2 Å². The molecular weight excluding hydrogens is 330 g/mol. The Morgan fingerprint density at radius 1 is 1.12 bits per heavy atom. The van der Waals surface area contributed by atoms with Crippen LogP contribution in [-0.4, -0.2) is 23.6 Å². The number of benzene rings is 2. The number of nitrogens with one attached hydrogen (secondary N) is 1. The van der Waals surface area contributed by atoms with Gasteiger partial charge in [0.15, 0.2) is 0 Å². The molecule has 1 amide bonds. The van der Waals surface area contributed by atoms with Crippen molar-refractivity contribution < 1.29 is 19.4 Å². The Morgan fingerprint density at radius 2 is 1.85 bits per heavy atom. The number of carbonyl (C=O) groups excluding carboxylic acids is 1. The van der Waals surface area contributed by atoms with Crippen LogP contribution in [0.4, 0.5) is 5.69 Å². The molecule has 2 unspecified atom stereocenters. The molecule has 3 rings (SSSR count). The average Bonchev–Trinajstić information content (AvgIpc) is 2.64. The largest absolute Gasteiger partial charge is 0.478 e. The van der Waals surface area contributed by atoms with Crippen molar-refractivity contribution in [3.63, 3.8) is 0 Å². The van der Waals surface area contributed by atoms with Crippen molar-refractivity contribution in [2.24, 2.45) is 5.92 Å². The maximum absolute atomic E-state index is 12.9. The third-order valence-electron chi connectivity index (χ3n) is 4.85. The molecule has 0 saturated carbocycles. The van der Waals surface area contributed by atoms with Gasteiger partial charge in [-0.25, -0.2) is 4.79 Å². The van der Waals surface area contributed by atoms with Gasteiger partial charge in [0, 0.05) is 12.3 Å². The Bertz CT molecular complexity index is 816. The Hall–Kier alpha value is -2.66. The summed E-state index contributed by atoms with van der Waals surface area (Å²) in [7, 11) is 0. The Balaban J connectivity index is 1.84. The van der Waals surface area contributed by atoms with Gasteiger partial charge in [-0.2, -0.15) is 0 Å². The smallest absolute Gasteiger partial charge is 0.336 e. The number of hydrogen-bond donors (Lipinski definition) is 2. The monoisotopic (exact) mass is 353 g/mol. The lowest BCUT2D eigenvalue weighted by Gasteiger charge is -2.31. The molecule has 0 aliphatic carbocycles. The average molecular weight is 353 g/mol. The number of carbonyl (C=O) groups is 2. The van der Waals surface area contributed by atoms with Crippen molar-refractivity contribution in [1.82, 2.24) is 0 Å². The van der Waals surface area contributed by atoms with Crippen LogP contribution in [0, 0.1) is 19.8 Å². The Morgan fingerprint density at radius 3 is 2.54 bits per heavy atom. The number of ether oxygens (including phenoxy) is 1. The zero-order valence-corrected chi connectivity index (χ0v) is 15.0. The molecule has 0 spiro atoms. The van der Waals surface area contributed by atoms with E-state index >= 15 is 0 Å². The molecule has 0 bridgehead atoms. The van der Waals surface area contributed by atoms with Crippen LogP contribution >= 0.6 is 0 Å². The topological polar surface area (TPSA) is 75.6 Å². The fourth-order valence-corrected chi connectivity index (χ4v) is 3.46. The lowest BCUT2D eigenvalue weighted by molar-refractivity contribution is -0.129. The molecule has 5 nitrogen and oxygen atoms in total. The molecular formula is C21H23NO4. The van der Waals surface area contributed by atoms with Crippen molar-refractivity contribution in [2.45, 2.75) is 32.8 Å². The van der Waals surface area contributed by atoms with Gasteiger partial charge in [-0.1, -0.05) is 36.4 Å². The molecule has 2 N–H and O–H groups in total. The van der Waals surface area contributed by atoms with Crippen LogP contribution in [0.15, 0.2) is 42.5 Å². The second-order valence-corrected chi connectivity index (χ2v) is 6.73. The number of hydrogen-bond acceptors (Lipinski definition) is 3. The zero-order valence-electron chi connectivity index (χ0n) is 15.0. The van der Waals surface area contributed by atoms with E-state index < -0.39 is 5.97 Å². The van der Waals surface area contributed by atoms with Crippen molar-refractivity contribution in [3.05, 3.63) is 64.7 Å². The van der Waals surface area contributed by atoms with Crippen molar-refractivity contribution in [3.8, 4) is 0 Å². The molecule has 136 valence electrons. The lowest BCUT2D eigenvalue weighted by atomic mass is 9.88. The number of aryl methyl sites for hydroxylation is 2. The molecule has 1 saturated heterocycles. The minimum atomic E-state index is -0.999. The van der Waals surface area contributed by atoms with Crippen LogP contribution in [0.3, 0.4) is 0 Å². The van der Waals surface area contributed by atoms with Gasteiger partial charge in [0.1, 0.15) is 0 Å². The van der Waals surface area contributed by atoms with E-state index in [1.165, 1.54) is 6.07 Å². The summed E-state index contributed by atoms with van der Waals surface area (Å²) in [5.74, 6) is -1.44. The van der Waals surface area contributed by atoms with E-state index in [1.807, 2.05) is 37.3 Å². The first-order chi connectivity index (χ1) is 12.5. The highest BCUT2D eigenvalue weighted by atomic mass is 16.5. The minimum Gasteiger partial charge on any atom is -0.478 e. The highest BCUT2D eigenvalue weighted by Crippen LogP contribution is 2.34. The number of carboxylic acid groups (broad SMARTS) is 1. The highest BCUT2D eigenvalue weighted by Gasteiger charge is 2.33. The van der Waals surface area contributed by atoms with Crippen LogP contribution in [0.1, 0.15) is 46.0 Å². The number of amides is 1. The number of rotatable bonds is 4. The molecule has 0 radical (unpaired) electrons. The van der Waals surface area contributed by atoms with E-state index in [1.54, 1.807) is 13.0 Å². The maximum atomic E-state index is 12.9. The van der Waals surface area contributed by atoms with Crippen LogP contribution < -0.4 is 5.32 Å². The predicted molar refractivity (Wildman–Crippen MR) is 99.4 cm³/mol. The number of anilines is 1. The number of carboxylic acids is 1. The van der Waals surface area contributed by atoms with Gasteiger partial charge in [-0.3, -0.25) is 4.79 Å². The van der Waals surface area contributed by atoms with Gasteiger partial charge in [0.05, 0.1) is 17.6 Å².